The first kappa shape index (κ1) is 9.02. The fraction of sp³-hybridized carbons (Fsp3) is 0.222. The zero-order valence-electron chi connectivity index (χ0n) is 6.35. The molecule has 0 atom stereocenters. The van der Waals surface area contributed by atoms with Gasteiger partial charge in [0.25, 0.3) is 0 Å². The van der Waals surface area contributed by atoms with Crippen molar-refractivity contribution < 1.29 is 4.39 Å². The maximum atomic E-state index is 12.5. The van der Waals surface area contributed by atoms with Crippen LogP contribution in [0.25, 0.3) is 0 Å². The highest BCUT2D eigenvalue weighted by molar-refractivity contribution is 6.18. The second-order valence-corrected chi connectivity index (χ2v) is 2.46. The van der Waals surface area contributed by atoms with Crippen LogP contribution in [0.4, 0.5) is 4.39 Å². The van der Waals surface area contributed by atoms with Crippen LogP contribution < -0.4 is 0 Å². The quantitative estimate of drug-likeness (QED) is 0.370. The largest absolute Gasteiger partial charge is 0.214 e. The predicted octanol–water partition coefficient (Wildman–Crippen LogP) is 2.20. The average molecular weight is 184 g/mol. The van der Waals surface area contributed by atoms with Gasteiger partial charge in [-0.25, -0.2) is 4.98 Å². The van der Waals surface area contributed by atoms with Crippen LogP contribution in [-0.4, -0.2) is 10.9 Å². The SMILES string of the molecule is Fc1cccc(C#CCCCl)n1. The molecule has 0 spiro atoms. The third-order valence-electron chi connectivity index (χ3n) is 1.15. The van der Waals surface area contributed by atoms with Crippen molar-refractivity contribution in [2.24, 2.45) is 0 Å². The summed E-state index contributed by atoms with van der Waals surface area (Å²) in [6.45, 7) is 0. The van der Waals surface area contributed by atoms with Gasteiger partial charge in [0.1, 0.15) is 5.69 Å². The molecule has 0 radical (unpaired) electrons. The molecule has 0 N–H and O–H groups in total. The average Bonchev–Trinajstić information content (AvgIpc) is 2.05. The Balaban J connectivity index is 2.71. The van der Waals surface area contributed by atoms with E-state index < -0.39 is 5.95 Å². The van der Waals surface area contributed by atoms with Crippen molar-refractivity contribution in [3.63, 3.8) is 0 Å². The highest BCUT2D eigenvalue weighted by Gasteiger charge is 1.90. The van der Waals surface area contributed by atoms with Crippen molar-refractivity contribution in [2.45, 2.75) is 6.42 Å². The fourth-order valence-corrected chi connectivity index (χ4v) is 0.773. The number of hydrogen-bond acceptors (Lipinski definition) is 1. The highest BCUT2D eigenvalue weighted by Crippen LogP contribution is 1.95. The van der Waals surface area contributed by atoms with Gasteiger partial charge in [-0.15, -0.1) is 11.6 Å². The monoisotopic (exact) mass is 183 g/mol. The van der Waals surface area contributed by atoms with Gasteiger partial charge in [-0.05, 0) is 18.1 Å². The summed E-state index contributed by atoms with van der Waals surface area (Å²) in [6.07, 6.45) is 0.597. The van der Waals surface area contributed by atoms with Crippen molar-refractivity contribution in [1.82, 2.24) is 4.98 Å². The summed E-state index contributed by atoms with van der Waals surface area (Å²) in [6, 6.07) is 4.52. The number of rotatable bonds is 1. The Hall–Kier alpha value is -1.07. The summed E-state index contributed by atoms with van der Waals surface area (Å²) in [5.74, 6) is 5.45. The number of pyridine rings is 1. The minimum atomic E-state index is -0.507. The van der Waals surface area contributed by atoms with Gasteiger partial charge in [-0.1, -0.05) is 12.0 Å². The fourth-order valence-electron chi connectivity index (χ4n) is 0.678. The van der Waals surface area contributed by atoms with Gasteiger partial charge in [-0.3, -0.25) is 0 Å². The number of nitrogens with zero attached hydrogens (tertiary/aromatic N) is 1. The molecule has 0 aliphatic rings. The summed E-state index contributed by atoms with van der Waals surface area (Å²) in [7, 11) is 0. The van der Waals surface area contributed by atoms with Gasteiger partial charge in [0.2, 0.25) is 5.95 Å². The van der Waals surface area contributed by atoms with Gasteiger partial charge < -0.3 is 0 Å². The Bertz CT molecular complexity index is 314. The van der Waals surface area contributed by atoms with Crippen LogP contribution in [0.1, 0.15) is 12.1 Å². The molecule has 1 aromatic rings. The predicted molar refractivity (Wildman–Crippen MR) is 46.4 cm³/mol. The summed E-state index contributed by atoms with van der Waals surface area (Å²) in [5.41, 5.74) is 0.445. The van der Waals surface area contributed by atoms with Crippen LogP contribution in [0.2, 0.25) is 0 Å². The molecule has 0 aromatic carbocycles. The standard InChI is InChI=1S/C9H7ClFN/c10-7-2-1-4-8-5-3-6-9(11)12-8/h3,5-6H,2,7H2. The van der Waals surface area contributed by atoms with E-state index in [1.165, 1.54) is 6.07 Å². The van der Waals surface area contributed by atoms with Crippen molar-refractivity contribution in [3.05, 3.63) is 29.8 Å². The molecule has 1 heterocycles. The summed E-state index contributed by atoms with van der Waals surface area (Å²) in [5, 5.41) is 0. The summed E-state index contributed by atoms with van der Waals surface area (Å²) >= 11 is 5.40. The molecule has 1 nitrogen and oxygen atoms in total. The molecular weight excluding hydrogens is 177 g/mol. The Labute approximate surface area is 75.6 Å². The first-order valence-corrected chi connectivity index (χ1v) is 4.04. The number of halogens is 2. The number of hydrogen-bond donors (Lipinski definition) is 0. The molecule has 3 heteroatoms. The molecule has 0 bridgehead atoms. The van der Waals surface area contributed by atoms with E-state index in [0.29, 0.717) is 18.0 Å². The van der Waals surface area contributed by atoms with Crippen LogP contribution in [-0.2, 0) is 0 Å². The van der Waals surface area contributed by atoms with Crippen molar-refractivity contribution in [1.29, 1.82) is 0 Å². The van der Waals surface area contributed by atoms with E-state index in [1.54, 1.807) is 12.1 Å². The maximum Gasteiger partial charge on any atom is 0.214 e. The Morgan fingerprint density at radius 1 is 1.50 bits per heavy atom. The van der Waals surface area contributed by atoms with E-state index in [9.17, 15) is 4.39 Å². The van der Waals surface area contributed by atoms with Gasteiger partial charge >= 0.3 is 0 Å². The molecule has 0 unspecified atom stereocenters. The molecular formula is C9H7ClFN. The van der Waals surface area contributed by atoms with E-state index in [2.05, 4.69) is 16.8 Å². The lowest BCUT2D eigenvalue weighted by atomic mass is 10.3. The molecule has 0 saturated heterocycles. The second kappa shape index (κ2) is 4.74. The van der Waals surface area contributed by atoms with E-state index in [1.807, 2.05) is 0 Å². The van der Waals surface area contributed by atoms with Crippen molar-refractivity contribution in [2.75, 3.05) is 5.88 Å². The third-order valence-corrected chi connectivity index (χ3v) is 1.34. The van der Waals surface area contributed by atoms with Crippen LogP contribution in [0, 0.1) is 17.8 Å². The van der Waals surface area contributed by atoms with Crippen molar-refractivity contribution in [3.8, 4) is 11.8 Å². The molecule has 0 aliphatic carbocycles. The zero-order chi connectivity index (χ0) is 8.81. The lowest BCUT2D eigenvalue weighted by Gasteiger charge is -1.87. The van der Waals surface area contributed by atoms with Gasteiger partial charge in [0, 0.05) is 12.3 Å². The summed E-state index contributed by atoms with van der Waals surface area (Å²) in [4.78, 5) is 3.56. The molecule has 1 rings (SSSR count). The van der Waals surface area contributed by atoms with Crippen LogP contribution in [0.15, 0.2) is 18.2 Å². The molecule has 0 saturated carbocycles. The topological polar surface area (TPSA) is 12.9 Å². The Kier molecular flexibility index (Phi) is 3.56. The molecule has 12 heavy (non-hydrogen) atoms. The lowest BCUT2D eigenvalue weighted by molar-refractivity contribution is 0.582. The van der Waals surface area contributed by atoms with Crippen LogP contribution >= 0.6 is 11.6 Å². The van der Waals surface area contributed by atoms with Gasteiger partial charge in [0.15, 0.2) is 0 Å². The van der Waals surface area contributed by atoms with Crippen LogP contribution in [0.5, 0.6) is 0 Å². The number of aromatic nitrogens is 1. The van der Waals surface area contributed by atoms with Crippen LogP contribution in [0.3, 0.4) is 0 Å². The Morgan fingerprint density at radius 3 is 3.00 bits per heavy atom. The zero-order valence-corrected chi connectivity index (χ0v) is 7.11. The van der Waals surface area contributed by atoms with Crippen molar-refractivity contribution >= 4 is 11.6 Å². The Morgan fingerprint density at radius 2 is 2.33 bits per heavy atom. The van der Waals surface area contributed by atoms with E-state index >= 15 is 0 Å². The second-order valence-electron chi connectivity index (χ2n) is 2.09. The molecule has 0 fully saturated rings. The first-order valence-electron chi connectivity index (χ1n) is 3.50. The molecule has 62 valence electrons. The smallest absolute Gasteiger partial charge is 0.211 e. The molecule has 1 aromatic heterocycles. The normalized spacial score (nSPS) is 8.83. The lowest BCUT2D eigenvalue weighted by Crippen LogP contribution is -1.85. The molecule has 0 amide bonds. The van der Waals surface area contributed by atoms with Gasteiger partial charge in [-0.2, -0.15) is 4.39 Å². The number of alkyl halides is 1. The first-order chi connectivity index (χ1) is 5.83. The molecule has 0 aliphatic heterocycles. The highest BCUT2D eigenvalue weighted by atomic mass is 35.5. The van der Waals surface area contributed by atoms with E-state index in [4.69, 9.17) is 11.6 Å². The third kappa shape index (κ3) is 2.89. The van der Waals surface area contributed by atoms with E-state index in [-0.39, 0.29) is 0 Å². The van der Waals surface area contributed by atoms with Gasteiger partial charge in [0.05, 0.1) is 0 Å². The van der Waals surface area contributed by atoms with E-state index in [0.717, 1.165) is 0 Å². The minimum absolute atomic E-state index is 0.445. The maximum absolute atomic E-state index is 12.5. The summed E-state index contributed by atoms with van der Waals surface area (Å²) < 4.78 is 12.5. The minimum Gasteiger partial charge on any atom is -0.211 e.